The maximum Gasteiger partial charge on any atom is 0.259 e. The monoisotopic (exact) mass is 399 g/mol. The van der Waals surface area contributed by atoms with Gasteiger partial charge >= 0.3 is 0 Å². The van der Waals surface area contributed by atoms with Crippen LogP contribution >= 0.6 is 0 Å². The van der Waals surface area contributed by atoms with Gasteiger partial charge in [0.15, 0.2) is 0 Å². The number of nitrogens with one attached hydrogen (secondary N) is 1. The van der Waals surface area contributed by atoms with Gasteiger partial charge in [-0.15, -0.1) is 0 Å². The highest BCUT2D eigenvalue weighted by atomic mass is 16.5. The SMILES string of the molecule is CCOc1ccccc1C(=O)Nc1ccc(CCc2nc3ccccc3n2C)cc1. The molecule has 0 aliphatic heterocycles. The van der Waals surface area contributed by atoms with Gasteiger partial charge in [-0.3, -0.25) is 4.79 Å². The van der Waals surface area contributed by atoms with Gasteiger partial charge < -0.3 is 14.6 Å². The fraction of sp³-hybridized carbons (Fsp3) is 0.200. The molecule has 0 saturated heterocycles. The number of imidazole rings is 1. The van der Waals surface area contributed by atoms with E-state index in [9.17, 15) is 4.79 Å². The third-order valence-electron chi connectivity index (χ3n) is 5.16. The summed E-state index contributed by atoms with van der Waals surface area (Å²) in [4.78, 5) is 17.4. The third kappa shape index (κ3) is 4.20. The highest BCUT2D eigenvalue weighted by Crippen LogP contribution is 2.21. The molecule has 0 aliphatic carbocycles. The molecule has 0 radical (unpaired) electrons. The minimum atomic E-state index is -0.175. The predicted octanol–water partition coefficient (Wildman–Crippen LogP) is 5.01. The van der Waals surface area contributed by atoms with Crippen molar-refractivity contribution in [2.24, 2.45) is 7.05 Å². The Kier molecular flexibility index (Phi) is 5.80. The minimum absolute atomic E-state index is 0.175. The Labute approximate surface area is 176 Å². The molecule has 0 saturated carbocycles. The first-order valence-electron chi connectivity index (χ1n) is 10.2. The van der Waals surface area contributed by atoms with Crippen LogP contribution in [0.4, 0.5) is 5.69 Å². The second-order valence-electron chi connectivity index (χ2n) is 7.16. The zero-order valence-corrected chi connectivity index (χ0v) is 17.3. The maximum absolute atomic E-state index is 12.6. The molecule has 4 aromatic rings. The second-order valence-corrected chi connectivity index (χ2v) is 7.16. The Balaban J connectivity index is 1.40. The van der Waals surface area contributed by atoms with E-state index in [2.05, 4.69) is 23.0 Å². The lowest BCUT2D eigenvalue weighted by Gasteiger charge is -2.11. The van der Waals surface area contributed by atoms with Crippen LogP contribution in [0.15, 0.2) is 72.8 Å². The number of fused-ring (bicyclic) bond motifs is 1. The van der Waals surface area contributed by atoms with Crippen LogP contribution in [0.2, 0.25) is 0 Å². The highest BCUT2D eigenvalue weighted by Gasteiger charge is 2.12. The number of carbonyl (C=O) groups excluding carboxylic acids is 1. The van der Waals surface area contributed by atoms with Crippen molar-refractivity contribution in [2.75, 3.05) is 11.9 Å². The van der Waals surface area contributed by atoms with Crippen molar-refractivity contribution >= 4 is 22.6 Å². The van der Waals surface area contributed by atoms with E-state index in [1.807, 2.05) is 67.6 Å². The van der Waals surface area contributed by atoms with E-state index in [-0.39, 0.29) is 5.91 Å². The lowest BCUT2D eigenvalue weighted by Crippen LogP contribution is -2.13. The van der Waals surface area contributed by atoms with Crippen LogP contribution in [-0.4, -0.2) is 22.1 Å². The van der Waals surface area contributed by atoms with E-state index in [1.54, 1.807) is 6.07 Å². The summed E-state index contributed by atoms with van der Waals surface area (Å²) < 4.78 is 7.70. The minimum Gasteiger partial charge on any atom is -0.493 e. The maximum atomic E-state index is 12.6. The average Bonchev–Trinajstić information content (AvgIpc) is 3.10. The molecule has 1 aromatic heterocycles. The molecular weight excluding hydrogens is 374 g/mol. The van der Waals surface area contributed by atoms with Crippen molar-refractivity contribution in [3.8, 4) is 5.75 Å². The van der Waals surface area contributed by atoms with Crippen LogP contribution in [0, 0.1) is 0 Å². The lowest BCUT2D eigenvalue weighted by molar-refractivity contribution is 0.102. The van der Waals surface area contributed by atoms with Crippen molar-refractivity contribution in [3.63, 3.8) is 0 Å². The molecule has 0 aliphatic rings. The molecule has 152 valence electrons. The molecule has 5 heteroatoms. The molecule has 0 unspecified atom stereocenters. The van der Waals surface area contributed by atoms with Crippen molar-refractivity contribution in [1.82, 2.24) is 9.55 Å². The Hall–Kier alpha value is -3.60. The number of ether oxygens (including phenoxy) is 1. The summed E-state index contributed by atoms with van der Waals surface area (Å²) in [5.41, 5.74) is 4.68. The second kappa shape index (κ2) is 8.82. The van der Waals surface area contributed by atoms with Crippen LogP contribution in [0.5, 0.6) is 5.75 Å². The van der Waals surface area contributed by atoms with Gasteiger partial charge in [0.1, 0.15) is 11.6 Å². The fourth-order valence-electron chi connectivity index (χ4n) is 3.56. The van der Waals surface area contributed by atoms with Gasteiger partial charge in [0.25, 0.3) is 5.91 Å². The van der Waals surface area contributed by atoms with Crippen LogP contribution < -0.4 is 10.1 Å². The van der Waals surface area contributed by atoms with E-state index in [0.29, 0.717) is 17.9 Å². The molecule has 0 bridgehead atoms. The Morgan fingerprint density at radius 3 is 2.47 bits per heavy atom. The van der Waals surface area contributed by atoms with Gasteiger partial charge in [-0.1, -0.05) is 36.4 Å². The number of carbonyl (C=O) groups is 1. The number of benzene rings is 3. The van der Waals surface area contributed by atoms with E-state index in [0.717, 1.165) is 35.4 Å². The smallest absolute Gasteiger partial charge is 0.259 e. The molecular formula is C25H25N3O2. The molecule has 1 heterocycles. The van der Waals surface area contributed by atoms with Gasteiger partial charge in [-0.05, 0) is 55.3 Å². The zero-order valence-electron chi connectivity index (χ0n) is 17.3. The van der Waals surface area contributed by atoms with Crippen molar-refractivity contribution in [3.05, 3.63) is 89.7 Å². The highest BCUT2D eigenvalue weighted by molar-refractivity contribution is 6.06. The summed E-state index contributed by atoms with van der Waals surface area (Å²) in [6.45, 7) is 2.42. The Bertz CT molecular complexity index is 1160. The fourth-order valence-corrected chi connectivity index (χ4v) is 3.56. The number of nitrogens with zero attached hydrogens (tertiary/aromatic N) is 2. The van der Waals surface area contributed by atoms with E-state index in [1.165, 1.54) is 5.56 Å². The van der Waals surface area contributed by atoms with Crippen LogP contribution in [0.3, 0.4) is 0 Å². The number of anilines is 1. The van der Waals surface area contributed by atoms with Gasteiger partial charge in [-0.25, -0.2) is 4.98 Å². The zero-order chi connectivity index (χ0) is 20.9. The Morgan fingerprint density at radius 2 is 1.70 bits per heavy atom. The molecule has 3 aromatic carbocycles. The molecule has 5 nitrogen and oxygen atoms in total. The van der Waals surface area contributed by atoms with Gasteiger partial charge in [-0.2, -0.15) is 0 Å². The predicted molar refractivity (Wildman–Crippen MR) is 120 cm³/mol. The van der Waals surface area contributed by atoms with Crippen LogP contribution in [0.25, 0.3) is 11.0 Å². The average molecular weight is 399 g/mol. The standard InChI is InChI=1S/C25H25N3O2/c1-3-30-23-11-7-4-8-20(23)25(29)26-19-15-12-18(13-16-19)14-17-24-27-21-9-5-6-10-22(21)28(24)2/h4-13,15-16H,3,14,17H2,1-2H3,(H,26,29). The number of hydrogen-bond acceptors (Lipinski definition) is 3. The molecule has 0 spiro atoms. The van der Waals surface area contributed by atoms with Crippen molar-refractivity contribution in [1.29, 1.82) is 0 Å². The number of aromatic nitrogens is 2. The molecule has 0 fully saturated rings. The first kappa shape index (κ1) is 19.7. The summed E-state index contributed by atoms with van der Waals surface area (Å²) in [6.07, 6.45) is 1.75. The Morgan fingerprint density at radius 1 is 0.967 bits per heavy atom. The lowest BCUT2D eigenvalue weighted by atomic mass is 10.1. The van der Waals surface area contributed by atoms with Crippen LogP contribution in [0.1, 0.15) is 28.7 Å². The number of para-hydroxylation sites is 3. The molecule has 1 N–H and O–H groups in total. The van der Waals surface area contributed by atoms with Gasteiger partial charge in [0.05, 0.1) is 23.2 Å². The summed E-state index contributed by atoms with van der Waals surface area (Å²) >= 11 is 0. The van der Waals surface area contributed by atoms with Gasteiger partial charge in [0.2, 0.25) is 0 Å². The number of rotatable bonds is 7. The van der Waals surface area contributed by atoms with Crippen LogP contribution in [-0.2, 0) is 19.9 Å². The van der Waals surface area contributed by atoms with E-state index in [4.69, 9.17) is 9.72 Å². The summed E-state index contributed by atoms with van der Waals surface area (Å²) in [6, 6.07) is 23.4. The number of aryl methyl sites for hydroxylation is 3. The van der Waals surface area contributed by atoms with E-state index < -0.39 is 0 Å². The quantitative estimate of drug-likeness (QED) is 0.475. The van der Waals surface area contributed by atoms with Crippen molar-refractivity contribution < 1.29 is 9.53 Å². The third-order valence-corrected chi connectivity index (χ3v) is 5.16. The molecule has 1 amide bonds. The summed E-state index contributed by atoms with van der Waals surface area (Å²) in [5, 5.41) is 2.95. The molecule has 30 heavy (non-hydrogen) atoms. The topological polar surface area (TPSA) is 56.1 Å². The molecule has 0 atom stereocenters. The first-order chi connectivity index (χ1) is 14.7. The largest absolute Gasteiger partial charge is 0.493 e. The van der Waals surface area contributed by atoms with Crippen molar-refractivity contribution in [2.45, 2.75) is 19.8 Å². The number of hydrogen-bond donors (Lipinski definition) is 1. The normalized spacial score (nSPS) is 10.9. The summed E-state index contributed by atoms with van der Waals surface area (Å²) in [5.74, 6) is 1.49. The molecule has 4 rings (SSSR count). The van der Waals surface area contributed by atoms with Gasteiger partial charge in [0, 0.05) is 19.2 Å². The first-order valence-corrected chi connectivity index (χ1v) is 10.2. The van der Waals surface area contributed by atoms with E-state index >= 15 is 0 Å². The number of amides is 1. The summed E-state index contributed by atoms with van der Waals surface area (Å²) in [7, 11) is 2.06.